The third-order valence-electron chi connectivity index (χ3n) is 4.50. The lowest BCUT2D eigenvalue weighted by atomic mass is 10.0. The summed E-state index contributed by atoms with van der Waals surface area (Å²) in [6.07, 6.45) is 1.16. The van der Waals surface area contributed by atoms with Crippen LogP contribution < -0.4 is 4.74 Å². The normalized spacial score (nSPS) is 20.3. The van der Waals surface area contributed by atoms with Crippen molar-refractivity contribution < 1.29 is 17.9 Å². The summed E-state index contributed by atoms with van der Waals surface area (Å²) in [6, 6.07) is 14.0. The Labute approximate surface area is 154 Å². The molecule has 0 aromatic heterocycles. The summed E-state index contributed by atoms with van der Waals surface area (Å²) in [7, 11) is -2.05. The first-order valence-electron chi connectivity index (χ1n) is 8.42. The molecule has 6 heteroatoms. The van der Waals surface area contributed by atoms with Gasteiger partial charge in [-0.2, -0.15) is 0 Å². The van der Waals surface area contributed by atoms with Crippen molar-refractivity contribution in [2.24, 2.45) is 0 Å². The number of aryl methyl sites for hydroxylation is 1. The maximum atomic E-state index is 13.1. The minimum atomic E-state index is -3.66. The molecule has 0 radical (unpaired) electrons. The number of rotatable bonds is 4. The van der Waals surface area contributed by atoms with Crippen LogP contribution in [-0.2, 0) is 14.8 Å². The molecule has 1 aliphatic heterocycles. The average Bonchev–Trinajstić information content (AvgIpc) is 2.63. The molecular weight excluding hydrogens is 350 g/mol. The van der Waals surface area contributed by atoms with Gasteiger partial charge in [0.2, 0.25) is 0 Å². The van der Waals surface area contributed by atoms with Gasteiger partial charge < -0.3 is 9.47 Å². The third-order valence-corrected chi connectivity index (χ3v) is 6.36. The van der Waals surface area contributed by atoms with E-state index in [0.717, 1.165) is 16.9 Å². The van der Waals surface area contributed by atoms with E-state index < -0.39 is 22.2 Å². The fraction of sp³-hybridized carbons (Fsp3) is 0.300. The molecule has 138 valence electrons. The van der Waals surface area contributed by atoms with Crippen LogP contribution in [0.15, 0.2) is 65.4 Å². The van der Waals surface area contributed by atoms with Crippen molar-refractivity contribution in [1.82, 2.24) is 4.31 Å². The highest BCUT2D eigenvalue weighted by molar-refractivity contribution is 7.89. The summed E-state index contributed by atoms with van der Waals surface area (Å²) in [5.41, 5.74) is 1.91. The molecule has 0 saturated heterocycles. The predicted octanol–water partition coefficient (Wildman–Crippen LogP) is 4.02. The number of ether oxygens (including phenoxy) is 2. The van der Waals surface area contributed by atoms with Crippen molar-refractivity contribution in [1.29, 1.82) is 0 Å². The van der Waals surface area contributed by atoms with E-state index in [-0.39, 0.29) is 4.90 Å². The Balaban J connectivity index is 1.96. The molecule has 1 aliphatic rings. The van der Waals surface area contributed by atoms with Crippen molar-refractivity contribution in [3.63, 3.8) is 0 Å². The Hall–Kier alpha value is -2.47. The maximum Gasteiger partial charge on any atom is 0.264 e. The molecule has 0 saturated carbocycles. The highest BCUT2D eigenvalue weighted by Crippen LogP contribution is 2.35. The summed E-state index contributed by atoms with van der Waals surface area (Å²) in [6.45, 7) is 5.54. The van der Waals surface area contributed by atoms with Crippen LogP contribution in [0, 0.1) is 6.92 Å². The molecule has 5 nitrogen and oxygen atoms in total. The van der Waals surface area contributed by atoms with Gasteiger partial charge in [-0.3, -0.25) is 4.31 Å². The van der Waals surface area contributed by atoms with Crippen LogP contribution in [-0.4, -0.2) is 25.9 Å². The number of sulfonamides is 1. The molecule has 0 aliphatic carbocycles. The van der Waals surface area contributed by atoms with Crippen LogP contribution in [0.25, 0.3) is 0 Å². The fourth-order valence-electron chi connectivity index (χ4n) is 3.02. The highest BCUT2D eigenvalue weighted by Gasteiger charge is 2.36. The Morgan fingerprint density at radius 2 is 1.62 bits per heavy atom. The van der Waals surface area contributed by atoms with E-state index in [1.807, 2.05) is 38.1 Å². The molecule has 0 unspecified atom stereocenters. The van der Waals surface area contributed by atoms with Gasteiger partial charge in [-0.15, -0.1) is 0 Å². The standard InChI is InChI=1S/C20H23NO4S/c1-14-5-11-19(12-6-14)26(22,23)21-13-15(2)25-20(16(21)3)17-7-9-18(24-4)10-8-17/h5-13,16,20H,1-4H3/t16-,20-/m0/s1. The first kappa shape index (κ1) is 18.3. The first-order valence-corrected chi connectivity index (χ1v) is 9.86. The molecule has 2 atom stereocenters. The summed E-state index contributed by atoms with van der Waals surface area (Å²) < 4.78 is 38.8. The van der Waals surface area contributed by atoms with Crippen molar-refractivity contribution >= 4 is 10.0 Å². The first-order chi connectivity index (χ1) is 12.3. The van der Waals surface area contributed by atoms with Crippen LogP contribution in [0.3, 0.4) is 0 Å². The largest absolute Gasteiger partial charge is 0.497 e. The Bertz CT molecular complexity index is 902. The predicted molar refractivity (Wildman–Crippen MR) is 100 cm³/mol. The number of benzene rings is 2. The monoisotopic (exact) mass is 373 g/mol. The summed E-state index contributed by atoms with van der Waals surface area (Å²) in [4.78, 5) is 0.273. The number of hydrogen-bond donors (Lipinski definition) is 0. The van der Waals surface area contributed by atoms with E-state index in [1.54, 1.807) is 44.5 Å². The number of allylic oxidation sites excluding steroid dienone is 1. The topological polar surface area (TPSA) is 55.8 Å². The Morgan fingerprint density at radius 1 is 1.00 bits per heavy atom. The molecule has 1 heterocycles. The lowest BCUT2D eigenvalue weighted by Gasteiger charge is -2.38. The highest BCUT2D eigenvalue weighted by atomic mass is 32.2. The van der Waals surface area contributed by atoms with Gasteiger partial charge in [0.15, 0.2) is 0 Å². The van der Waals surface area contributed by atoms with Gasteiger partial charge in [-0.1, -0.05) is 29.8 Å². The zero-order valence-corrected chi connectivity index (χ0v) is 16.2. The Morgan fingerprint density at radius 3 is 2.19 bits per heavy atom. The van der Waals surface area contributed by atoms with E-state index in [1.165, 1.54) is 4.31 Å². The van der Waals surface area contributed by atoms with Crippen LogP contribution >= 0.6 is 0 Å². The minimum absolute atomic E-state index is 0.273. The smallest absolute Gasteiger partial charge is 0.264 e. The quantitative estimate of drug-likeness (QED) is 0.812. The SMILES string of the molecule is COc1ccc([C@H]2OC(C)=CN(S(=O)(=O)c3ccc(C)cc3)[C@H]2C)cc1. The van der Waals surface area contributed by atoms with Crippen molar-refractivity contribution in [3.05, 3.63) is 71.6 Å². The van der Waals surface area contributed by atoms with E-state index in [4.69, 9.17) is 9.47 Å². The number of hydrogen-bond acceptors (Lipinski definition) is 4. The molecule has 2 aromatic rings. The second-order valence-corrected chi connectivity index (χ2v) is 8.28. The van der Waals surface area contributed by atoms with Crippen LogP contribution in [0.5, 0.6) is 5.75 Å². The molecule has 2 aromatic carbocycles. The van der Waals surface area contributed by atoms with E-state index >= 15 is 0 Å². The van der Waals surface area contributed by atoms with Gasteiger partial charge in [0.05, 0.1) is 24.2 Å². The molecule has 0 bridgehead atoms. The fourth-order valence-corrected chi connectivity index (χ4v) is 4.58. The summed E-state index contributed by atoms with van der Waals surface area (Å²) in [5, 5.41) is 0. The lowest BCUT2D eigenvalue weighted by molar-refractivity contribution is 0.0454. The summed E-state index contributed by atoms with van der Waals surface area (Å²) in [5.74, 6) is 1.30. The van der Waals surface area contributed by atoms with Crippen molar-refractivity contribution in [3.8, 4) is 5.75 Å². The second kappa shape index (κ2) is 7.03. The van der Waals surface area contributed by atoms with Gasteiger partial charge >= 0.3 is 0 Å². The molecule has 26 heavy (non-hydrogen) atoms. The molecule has 3 rings (SSSR count). The average molecular weight is 373 g/mol. The van der Waals surface area contributed by atoms with Gasteiger partial charge in [0, 0.05) is 0 Å². The molecule has 0 amide bonds. The van der Waals surface area contributed by atoms with Crippen LogP contribution in [0.2, 0.25) is 0 Å². The zero-order valence-electron chi connectivity index (χ0n) is 15.3. The van der Waals surface area contributed by atoms with Crippen LogP contribution in [0.1, 0.15) is 31.1 Å². The molecule has 0 N–H and O–H groups in total. The van der Waals surface area contributed by atoms with Gasteiger partial charge in [0.1, 0.15) is 17.6 Å². The van der Waals surface area contributed by atoms with E-state index in [2.05, 4.69) is 0 Å². The zero-order chi connectivity index (χ0) is 18.9. The number of nitrogens with zero attached hydrogens (tertiary/aromatic N) is 1. The Kier molecular flexibility index (Phi) is 4.96. The lowest BCUT2D eigenvalue weighted by Crippen LogP contribution is -2.42. The number of methoxy groups -OCH3 is 1. The summed E-state index contributed by atoms with van der Waals surface area (Å²) >= 11 is 0. The van der Waals surface area contributed by atoms with Crippen molar-refractivity contribution in [2.45, 2.75) is 37.8 Å². The van der Waals surface area contributed by atoms with Gasteiger partial charge in [0.25, 0.3) is 10.0 Å². The maximum absolute atomic E-state index is 13.1. The molecule has 0 spiro atoms. The van der Waals surface area contributed by atoms with E-state index in [0.29, 0.717) is 5.76 Å². The van der Waals surface area contributed by atoms with Gasteiger partial charge in [-0.25, -0.2) is 8.42 Å². The molecule has 0 fully saturated rings. The second-order valence-electron chi connectivity index (χ2n) is 6.44. The molecular formula is C20H23NO4S. The third kappa shape index (κ3) is 3.42. The van der Waals surface area contributed by atoms with Crippen molar-refractivity contribution in [2.75, 3.05) is 7.11 Å². The van der Waals surface area contributed by atoms with E-state index in [9.17, 15) is 8.42 Å². The minimum Gasteiger partial charge on any atom is -0.497 e. The van der Waals surface area contributed by atoms with Gasteiger partial charge in [-0.05, 0) is 50.6 Å². The van der Waals surface area contributed by atoms with Crippen LogP contribution in [0.4, 0.5) is 0 Å².